The lowest BCUT2D eigenvalue weighted by Gasteiger charge is -2.38. The van der Waals surface area contributed by atoms with Gasteiger partial charge in [-0.2, -0.15) is 5.10 Å². The Labute approximate surface area is 176 Å². The Bertz CT molecular complexity index is 934. The number of anilines is 1. The first-order valence-electron chi connectivity index (χ1n) is 10.5. The number of piperidine rings is 1. The quantitative estimate of drug-likeness (QED) is 0.719. The van der Waals surface area contributed by atoms with Gasteiger partial charge in [0.15, 0.2) is 0 Å². The Morgan fingerprint density at radius 1 is 1.17 bits per heavy atom. The van der Waals surface area contributed by atoms with E-state index in [0.29, 0.717) is 13.0 Å². The van der Waals surface area contributed by atoms with Crippen LogP contribution < -0.4 is 4.90 Å². The maximum atomic E-state index is 13.2. The van der Waals surface area contributed by atoms with Crippen molar-refractivity contribution in [1.29, 1.82) is 0 Å². The zero-order valence-corrected chi connectivity index (χ0v) is 17.9. The molecule has 1 unspecified atom stereocenters. The van der Waals surface area contributed by atoms with Gasteiger partial charge in [0.25, 0.3) is 0 Å². The summed E-state index contributed by atoms with van der Waals surface area (Å²) in [5.41, 5.74) is 2.27. The fourth-order valence-electron chi connectivity index (χ4n) is 4.70. The third-order valence-corrected chi connectivity index (χ3v) is 6.45. The lowest BCUT2D eigenvalue weighted by molar-refractivity contribution is -0.159. The van der Waals surface area contributed by atoms with Gasteiger partial charge < -0.3 is 14.5 Å². The maximum Gasteiger partial charge on any atom is 0.331 e. The molecule has 0 saturated carbocycles. The summed E-state index contributed by atoms with van der Waals surface area (Å²) in [6.07, 6.45) is 10.5. The Kier molecular flexibility index (Phi) is 5.49. The minimum atomic E-state index is -0.836. The predicted octanol–water partition coefficient (Wildman–Crippen LogP) is 2.35. The van der Waals surface area contributed by atoms with Crippen molar-refractivity contribution >= 4 is 17.6 Å². The molecule has 0 spiro atoms. The minimum absolute atomic E-state index is 0.0737. The number of likely N-dealkylation sites (tertiary alicyclic amines) is 1. The standard InChI is InChI=1S/C22H29N5O3/c1-16-13-24-27(15-16)18-5-9-23-14-19(18)25-11-6-17(7-12-25)20(28)26-10-4-8-22(26,2)21(29)30-3/h5,9,13-15,17H,4,6-8,10-12H2,1-3H3. The SMILES string of the molecule is COC(=O)C1(C)CCCN1C(=O)C1CCN(c2cnccc2-n2cc(C)cn2)CC1. The normalized spacial score (nSPS) is 22.4. The molecule has 8 heteroatoms. The monoisotopic (exact) mass is 411 g/mol. The number of aromatic nitrogens is 3. The molecule has 2 saturated heterocycles. The first kappa shape index (κ1) is 20.4. The zero-order valence-electron chi connectivity index (χ0n) is 17.9. The van der Waals surface area contributed by atoms with Crippen LogP contribution in [0, 0.1) is 12.8 Å². The van der Waals surface area contributed by atoms with E-state index in [2.05, 4.69) is 15.0 Å². The van der Waals surface area contributed by atoms with E-state index in [0.717, 1.165) is 49.3 Å². The average Bonchev–Trinajstić information content (AvgIpc) is 3.39. The highest BCUT2D eigenvalue weighted by molar-refractivity contribution is 5.89. The number of carbonyl (C=O) groups excluding carboxylic acids is 2. The first-order chi connectivity index (χ1) is 14.4. The summed E-state index contributed by atoms with van der Waals surface area (Å²) in [5, 5.41) is 4.44. The number of carbonyl (C=O) groups is 2. The molecule has 2 aliphatic heterocycles. The molecule has 2 aliphatic rings. The molecule has 0 N–H and O–H groups in total. The van der Waals surface area contributed by atoms with E-state index in [-0.39, 0.29) is 17.8 Å². The van der Waals surface area contributed by atoms with Gasteiger partial charge in [0.1, 0.15) is 5.54 Å². The molecule has 1 atom stereocenters. The van der Waals surface area contributed by atoms with E-state index in [1.54, 1.807) is 11.1 Å². The van der Waals surface area contributed by atoms with Gasteiger partial charge in [0, 0.05) is 37.9 Å². The molecule has 30 heavy (non-hydrogen) atoms. The predicted molar refractivity (Wildman–Crippen MR) is 112 cm³/mol. The molecule has 0 radical (unpaired) electrons. The van der Waals surface area contributed by atoms with Crippen LogP contribution in [0.3, 0.4) is 0 Å². The van der Waals surface area contributed by atoms with Crippen molar-refractivity contribution in [3.8, 4) is 5.69 Å². The number of amides is 1. The van der Waals surface area contributed by atoms with Crippen molar-refractivity contribution in [3.05, 3.63) is 36.4 Å². The van der Waals surface area contributed by atoms with Gasteiger partial charge in [-0.1, -0.05) is 0 Å². The third-order valence-electron chi connectivity index (χ3n) is 6.45. The fraction of sp³-hybridized carbons (Fsp3) is 0.545. The topological polar surface area (TPSA) is 80.6 Å². The Morgan fingerprint density at radius 3 is 2.60 bits per heavy atom. The Morgan fingerprint density at radius 2 is 1.93 bits per heavy atom. The van der Waals surface area contributed by atoms with Gasteiger partial charge >= 0.3 is 5.97 Å². The minimum Gasteiger partial charge on any atom is -0.467 e. The van der Waals surface area contributed by atoms with Gasteiger partial charge in [-0.25, -0.2) is 9.48 Å². The Hall–Kier alpha value is -2.90. The van der Waals surface area contributed by atoms with E-state index in [1.807, 2.05) is 43.2 Å². The van der Waals surface area contributed by atoms with Crippen molar-refractivity contribution in [2.75, 3.05) is 31.6 Å². The van der Waals surface area contributed by atoms with E-state index >= 15 is 0 Å². The number of pyridine rings is 1. The van der Waals surface area contributed by atoms with E-state index in [4.69, 9.17) is 4.74 Å². The lowest BCUT2D eigenvalue weighted by atomic mass is 9.92. The molecule has 0 aromatic carbocycles. The summed E-state index contributed by atoms with van der Waals surface area (Å²) < 4.78 is 6.85. The van der Waals surface area contributed by atoms with Gasteiger partial charge in [-0.05, 0) is 51.2 Å². The number of hydrogen-bond acceptors (Lipinski definition) is 6. The molecule has 0 bridgehead atoms. The highest BCUT2D eigenvalue weighted by Crippen LogP contribution is 2.34. The van der Waals surface area contributed by atoms with Crippen LogP contribution in [0.15, 0.2) is 30.9 Å². The second-order valence-corrected chi connectivity index (χ2v) is 8.45. The van der Waals surface area contributed by atoms with Crippen molar-refractivity contribution in [2.45, 2.75) is 45.1 Å². The van der Waals surface area contributed by atoms with Crippen molar-refractivity contribution in [1.82, 2.24) is 19.7 Å². The van der Waals surface area contributed by atoms with Crippen LogP contribution >= 0.6 is 0 Å². The van der Waals surface area contributed by atoms with Crippen LogP contribution in [-0.2, 0) is 14.3 Å². The van der Waals surface area contributed by atoms with E-state index in [1.165, 1.54) is 7.11 Å². The summed E-state index contributed by atoms with van der Waals surface area (Å²) in [6, 6.07) is 1.96. The molecule has 160 valence electrons. The van der Waals surface area contributed by atoms with Crippen LogP contribution in [0.5, 0.6) is 0 Å². The van der Waals surface area contributed by atoms with Gasteiger partial charge in [0.05, 0.1) is 30.9 Å². The molecule has 4 heterocycles. The average molecular weight is 412 g/mol. The number of rotatable bonds is 4. The zero-order chi connectivity index (χ0) is 21.3. The van der Waals surface area contributed by atoms with Gasteiger partial charge in [-0.15, -0.1) is 0 Å². The van der Waals surface area contributed by atoms with E-state index in [9.17, 15) is 9.59 Å². The van der Waals surface area contributed by atoms with Crippen molar-refractivity contribution < 1.29 is 14.3 Å². The first-order valence-corrected chi connectivity index (χ1v) is 10.5. The summed E-state index contributed by atoms with van der Waals surface area (Å²) in [7, 11) is 1.39. The van der Waals surface area contributed by atoms with Crippen molar-refractivity contribution in [3.63, 3.8) is 0 Å². The second-order valence-electron chi connectivity index (χ2n) is 8.45. The number of nitrogens with zero attached hydrogens (tertiary/aromatic N) is 5. The van der Waals surface area contributed by atoms with Crippen LogP contribution in [0.25, 0.3) is 5.69 Å². The van der Waals surface area contributed by atoms with Gasteiger partial charge in [-0.3, -0.25) is 9.78 Å². The fourth-order valence-corrected chi connectivity index (χ4v) is 4.70. The lowest BCUT2D eigenvalue weighted by Crippen LogP contribution is -2.54. The summed E-state index contributed by atoms with van der Waals surface area (Å²) in [6.45, 7) is 5.99. The smallest absolute Gasteiger partial charge is 0.331 e. The van der Waals surface area contributed by atoms with Crippen molar-refractivity contribution in [2.24, 2.45) is 5.92 Å². The van der Waals surface area contributed by atoms with E-state index < -0.39 is 5.54 Å². The molecule has 8 nitrogen and oxygen atoms in total. The molecular weight excluding hydrogens is 382 g/mol. The van der Waals surface area contributed by atoms with Crippen LogP contribution in [0.4, 0.5) is 5.69 Å². The molecule has 2 fully saturated rings. The summed E-state index contributed by atoms with van der Waals surface area (Å²) in [5.74, 6) is -0.315. The molecular formula is C22H29N5O3. The largest absolute Gasteiger partial charge is 0.467 e. The molecule has 0 aliphatic carbocycles. The highest BCUT2D eigenvalue weighted by atomic mass is 16.5. The number of esters is 1. The third kappa shape index (κ3) is 3.55. The number of aryl methyl sites for hydroxylation is 1. The van der Waals surface area contributed by atoms with Crippen LogP contribution in [0.2, 0.25) is 0 Å². The number of methoxy groups -OCH3 is 1. The summed E-state index contributed by atoms with van der Waals surface area (Å²) in [4.78, 5) is 33.9. The number of hydrogen-bond donors (Lipinski definition) is 0. The Balaban J connectivity index is 1.46. The highest BCUT2D eigenvalue weighted by Gasteiger charge is 2.48. The number of ether oxygens (including phenoxy) is 1. The van der Waals surface area contributed by atoms with Crippen LogP contribution in [0.1, 0.15) is 38.2 Å². The molecule has 2 aromatic heterocycles. The maximum absolute atomic E-state index is 13.2. The summed E-state index contributed by atoms with van der Waals surface area (Å²) >= 11 is 0. The van der Waals surface area contributed by atoms with Crippen LogP contribution in [-0.4, -0.2) is 63.8 Å². The molecule has 2 aromatic rings. The second kappa shape index (κ2) is 8.08. The van der Waals surface area contributed by atoms with Gasteiger partial charge in [0.2, 0.25) is 5.91 Å². The molecule has 4 rings (SSSR count). The molecule has 1 amide bonds.